The van der Waals surface area contributed by atoms with Crippen LogP contribution in [0.2, 0.25) is 0 Å². The van der Waals surface area contributed by atoms with Crippen LogP contribution in [0.1, 0.15) is 30.4 Å². The Morgan fingerprint density at radius 3 is 1.77 bits per heavy atom. The highest BCUT2D eigenvalue weighted by molar-refractivity contribution is 7.92. The number of rotatable bonds is 6. The zero-order valence-corrected chi connectivity index (χ0v) is 24.0. The average molecular weight is 677 g/mol. The molecule has 2 fully saturated rings. The number of halogens is 8. The number of nitrogens with zero attached hydrogens (tertiary/aromatic N) is 1. The van der Waals surface area contributed by atoms with E-state index in [1.54, 1.807) is 0 Å². The number of hydrogen-bond donors (Lipinski definition) is 1. The Morgan fingerprint density at radius 2 is 1.32 bits per heavy atom. The maximum Gasteiger partial charge on any atom is 0.435 e. The molecule has 2 aliphatic heterocycles. The molecule has 0 saturated carbocycles. The van der Waals surface area contributed by atoms with E-state index in [2.05, 4.69) is 0 Å². The molecule has 2 aromatic rings. The van der Waals surface area contributed by atoms with Crippen molar-refractivity contribution in [3.05, 3.63) is 65.5 Å². The molecule has 0 spiro atoms. The Bertz CT molecular complexity index is 1650. The summed E-state index contributed by atoms with van der Waals surface area (Å²) in [7, 11) is -8.35. The van der Waals surface area contributed by atoms with E-state index in [0.29, 0.717) is 12.1 Å². The topological polar surface area (TPSA) is 132 Å². The van der Waals surface area contributed by atoms with Crippen molar-refractivity contribution in [1.29, 1.82) is 0 Å². The van der Waals surface area contributed by atoms with Crippen LogP contribution in [0.4, 0.5) is 35.1 Å². The Kier molecular flexibility index (Phi) is 8.15. The van der Waals surface area contributed by atoms with Crippen molar-refractivity contribution >= 4 is 31.5 Å². The Morgan fingerprint density at radius 1 is 0.818 bits per heavy atom. The van der Waals surface area contributed by atoms with Gasteiger partial charge in [0.25, 0.3) is 0 Å². The van der Waals surface area contributed by atoms with Crippen LogP contribution in [0.25, 0.3) is 0 Å². The lowest BCUT2D eigenvalue weighted by Gasteiger charge is -2.37. The van der Waals surface area contributed by atoms with Crippen molar-refractivity contribution in [3.63, 3.8) is 0 Å². The maximum absolute atomic E-state index is 14.7. The number of amides is 2. The fourth-order valence-corrected chi connectivity index (χ4v) is 9.25. The molecular weight excluding hydrogens is 652 g/mol. The SMILES string of the molecule is NC(=O)C1(C(=O)N2CCC(c3ccc(C(F)(C(F)(F)F)C(F)(F)F)cc3)(S(=O)(=O)c3ccc(F)cc3)C2)CCS(=O)(=O)CC1. The van der Waals surface area contributed by atoms with Gasteiger partial charge in [-0.05, 0) is 49.1 Å². The van der Waals surface area contributed by atoms with Gasteiger partial charge in [0.15, 0.2) is 9.84 Å². The van der Waals surface area contributed by atoms with E-state index in [1.165, 1.54) is 0 Å². The molecule has 1 atom stereocenters. The monoisotopic (exact) mass is 676 g/mol. The molecule has 4 rings (SSSR count). The highest BCUT2D eigenvalue weighted by Crippen LogP contribution is 2.54. The first-order valence-corrected chi connectivity index (χ1v) is 16.1. The number of primary amides is 1. The van der Waals surface area contributed by atoms with E-state index in [0.717, 1.165) is 29.2 Å². The van der Waals surface area contributed by atoms with Gasteiger partial charge >= 0.3 is 18.0 Å². The van der Waals surface area contributed by atoms with Crippen molar-refractivity contribution in [2.75, 3.05) is 24.6 Å². The molecule has 2 saturated heterocycles. The first-order chi connectivity index (χ1) is 20.0. The first-order valence-electron chi connectivity index (χ1n) is 12.8. The summed E-state index contributed by atoms with van der Waals surface area (Å²) < 4.78 is 158. The number of carbonyl (C=O) groups excluding carboxylic acids is 2. The summed E-state index contributed by atoms with van der Waals surface area (Å²) >= 11 is 0. The minimum absolute atomic E-state index is 0.139. The van der Waals surface area contributed by atoms with E-state index in [1.807, 2.05) is 0 Å². The van der Waals surface area contributed by atoms with Gasteiger partial charge in [0.2, 0.25) is 11.8 Å². The highest BCUT2D eigenvalue weighted by Gasteiger charge is 2.73. The quantitative estimate of drug-likeness (QED) is 0.282. The Labute approximate surface area is 246 Å². The van der Waals surface area contributed by atoms with Crippen LogP contribution < -0.4 is 5.73 Å². The molecule has 18 heteroatoms. The molecule has 0 aromatic heterocycles. The van der Waals surface area contributed by atoms with Gasteiger partial charge in [-0.15, -0.1) is 0 Å². The Hall–Kier alpha value is -3.28. The number of likely N-dealkylation sites (tertiary alicyclic amines) is 1. The summed E-state index contributed by atoms with van der Waals surface area (Å²) in [6.45, 7) is -1.22. The molecule has 0 aliphatic carbocycles. The second-order valence-corrected chi connectivity index (χ2v) is 15.3. The van der Waals surface area contributed by atoms with Crippen LogP contribution in [-0.4, -0.2) is 70.5 Å². The van der Waals surface area contributed by atoms with E-state index in [-0.39, 0.29) is 12.1 Å². The number of carbonyl (C=O) groups is 2. The van der Waals surface area contributed by atoms with E-state index >= 15 is 0 Å². The first kappa shape index (κ1) is 33.6. The maximum atomic E-state index is 14.7. The lowest BCUT2D eigenvalue weighted by molar-refractivity contribution is -0.348. The number of nitrogens with two attached hydrogens (primary N) is 1. The second kappa shape index (κ2) is 10.7. The van der Waals surface area contributed by atoms with Gasteiger partial charge in [-0.25, -0.2) is 25.6 Å². The second-order valence-electron chi connectivity index (χ2n) is 10.8. The molecule has 0 radical (unpaired) electrons. The predicted octanol–water partition coefficient (Wildman–Crippen LogP) is 3.70. The van der Waals surface area contributed by atoms with E-state index < -0.39 is 125 Å². The zero-order valence-electron chi connectivity index (χ0n) is 22.4. The molecular formula is C26H24F8N2O6S2. The van der Waals surface area contributed by atoms with Crippen molar-refractivity contribution in [2.45, 2.75) is 46.9 Å². The van der Waals surface area contributed by atoms with Gasteiger partial charge < -0.3 is 10.6 Å². The zero-order chi connectivity index (χ0) is 33.1. The van der Waals surface area contributed by atoms with Crippen LogP contribution in [0.5, 0.6) is 0 Å². The summed E-state index contributed by atoms with van der Waals surface area (Å²) in [5, 5.41) is 0. The lowest BCUT2D eigenvalue weighted by Crippen LogP contribution is -2.55. The molecule has 0 bridgehead atoms. The van der Waals surface area contributed by atoms with Crippen LogP contribution >= 0.6 is 0 Å². The number of sulfone groups is 2. The van der Waals surface area contributed by atoms with Gasteiger partial charge in [0.1, 0.15) is 25.8 Å². The minimum atomic E-state index is -6.43. The molecule has 2 heterocycles. The lowest BCUT2D eigenvalue weighted by atomic mass is 9.79. The standard InChI is InChI=1S/C26H24F8N2O6S2/c27-18-5-7-19(8-6-18)44(41,42)23(16-1-3-17(4-2-16)24(28,25(29,30)31)26(32,33)34)9-12-36(15-23)21(38)22(20(35)37)10-13-43(39,40)14-11-22/h1-8H,9-15H2,(H2,35,37). The molecule has 8 nitrogen and oxygen atoms in total. The van der Waals surface area contributed by atoms with Gasteiger partial charge in [-0.2, -0.15) is 26.3 Å². The fraction of sp³-hybridized carbons (Fsp3) is 0.462. The summed E-state index contributed by atoms with van der Waals surface area (Å²) in [5.74, 6) is -4.15. The summed E-state index contributed by atoms with van der Waals surface area (Å²) in [4.78, 5) is 26.5. The minimum Gasteiger partial charge on any atom is -0.369 e. The molecule has 2 N–H and O–H groups in total. The van der Waals surface area contributed by atoms with Gasteiger partial charge in [-0.3, -0.25) is 9.59 Å². The molecule has 2 aliphatic rings. The van der Waals surface area contributed by atoms with Gasteiger partial charge in [0, 0.05) is 18.7 Å². The van der Waals surface area contributed by atoms with Gasteiger partial charge in [-0.1, -0.05) is 24.3 Å². The van der Waals surface area contributed by atoms with Crippen LogP contribution in [-0.2, 0) is 39.7 Å². The highest BCUT2D eigenvalue weighted by atomic mass is 32.2. The van der Waals surface area contributed by atoms with Gasteiger partial charge in [0.05, 0.1) is 16.4 Å². The molecule has 2 aromatic carbocycles. The largest absolute Gasteiger partial charge is 0.435 e. The molecule has 44 heavy (non-hydrogen) atoms. The van der Waals surface area contributed by atoms with Crippen molar-refractivity contribution in [2.24, 2.45) is 11.1 Å². The number of hydrogen-bond acceptors (Lipinski definition) is 6. The smallest absolute Gasteiger partial charge is 0.369 e. The van der Waals surface area contributed by atoms with Crippen molar-refractivity contribution < 1.29 is 61.5 Å². The summed E-state index contributed by atoms with van der Waals surface area (Å²) in [5.41, 5.74) is -4.63. The number of benzene rings is 2. The molecule has 1 unspecified atom stereocenters. The van der Waals surface area contributed by atoms with E-state index in [4.69, 9.17) is 5.73 Å². The predicted molar refractivity (Wildman–Crippen MR) is 137 cm³/mol. The third-order valence-corrected chi connectivity index (χ3v) is 12.5. The van der Waals surface area contributed by atoms with Crippen LogP contribution in [0.15, 0.2) is 53.4 Å². The Balaban J connectivity index is 1.84. The average Bonchev–Trinajstić information content (AvgIpc) is 3.39. The molecule has 2 amide bonds. The third-order valence-electron chi connectivity index (χ3n) is 8.31. The summed E-state index contributed by atoms with van der Waals surface area (Å²) in [6.07, 6.45) is -14.4. The summed E-state index contributed by atoms with van der Waals surface area (Å²) in [6, 6.07) is 4.70. The van der Waals surface area contributed by atoms with Crippen LogP contribution in [0, 0.1) is 11.2 Å². The van der Waals surface area contributed by atoms with Crippen molar-refractivity contribution in [3.8, 4) is 0 Å². The molecule has 242 valence electrons. The fourth-order valence-electron chi connectivity index (χ4n) is 5.65. The third kappa shape index (κ3) is 5.22. The number of alkyl halides is 7. The van der Waals surface area contributed by atoms with E-state index in [9.17, 15) is 61.5 Å². The normalized spacial score (nSPS) is 22.5. The van der Waals surface area contributed by atoms with Crippen molar-refractivity contribution in [1.82, 2.24) is 4.90 Å². The van der Waals surface area contributed by atoms with Crippen LogP contribution in [0.3, 0.4) is 0 Å².